The van der Waals surface area contributed by atoms with E-state index in [2.05, 4.69) is 20.9 Å². The normalized spacial score (nSPS) is 19.2. The van der Waals surface area contributed by atoms with Crippen molar-refractivity contribution in [3.8, 4) is 11.5 Å². The van der Waals surface area contributed by atoms with Crippen LogP contribution >= 0.6 is 0 Å². The molecule has 0 spiro atoms. The highest BCUT2D eigenvalue weighted by atomic mass is 16.5. The van der Waals surface area contributed by atoms with Crippen LogP contribution in [0.15, 0.2) is 24.4 Å². The largest absolute Gasteiger partial charge is 0.497 e. The lowest BCUT2D eigenvalue weighted by Gasteiger charge is -2.29. The molecule has 0 N–H and O–H groups in total. The van der Waals surface area contributed by atoms with Gasteiger partial charge in [0.25, 0.3) is 0 Å². The first-order valence-electron chi connectivity index (χ1n) is 8.63. The van der Waals surface area contributed by atoms with Crippen LogP contribution in [-0.4, -0.2) is 48.3 Å². The number of aromatic nitrogens is 2. The molecule has 2 aliphatic heterocycles. The van der Waals surface area contributed by atoms with Gasteiger partial charge in [-0.2, -0.15) is 0 Å². The van der Waals surface area contributed by atoms with Crippen molar-refractivity contribution >= 4 is 0 Å². The van der Waals surface area contributed by atoms with Crippen molar-refractivity contribution in [3.63, 3.8) is 0 Å². The van der Waals surface area contributed by atoms with Crippen molar-refractivity contribution in [3.05, 3.63) is 47.0 Å². The highest BCUT2D eigenvalue weighted by Crippen LogP contribution is 2.32. The van der Waals surface area contributed by atoms with E-state index in [4.69, 9.17) is 14.2 Å². The van der Waals surface area contributed by atoms with E-state index in [0.29, 0.717) is 6.61 Å². The van der Waals surface area contributed by atoms with Crippen LogP contribution in [0, 0.1) is 0 Å². The van der Waals surface area contributed by atoms with Crippen molar-refractivity contribution in [2.45, 2.75) is 32.1 Å². The fourth-order valence-electron chi connectivity index (χ4n) is 3.58. The van der Waals surface area contributed by atoms with Crippen LogP contribution in [0.1, 0.15) is 22.6 Å². The summed E-state index contributed by atoms with van der Waals surface area (Å²) in [6.45, 7) is 3.25. The van der Waals surface area contributed by atoms with Gasteiger partial charge in [-0.05, 0) is 18.2 Å². The minimum absolute atomic E-state index is 0.192. The van der Waals surface area contributed by atoms with Crippen LogP contribution in [0.25, 0.3) is 0 Å². The number of rotatable bonds is 5. The fourth-order valence-corrected chi connectivity index (χ4v) is 3.58. The number of benzene rings is 1. The first-order valence-corrected chi connectivity index (χ1v) is 8.63. The van der Waals surface area contributed by atoms with Gasteiger partial charge in [0.2, 0.25) is 0 Å². The predicted molar refractivity (Wildman–Crippen MR) is 92.8 cm³/mol. The lowest BCUT2D eigenvalue weighted by molar-refractivity contribution is 0.139. The molecule has 1 aromatic carbocycles. The molecule has 1 unspecified atom stereocenters. The van der Waals surface area contributed by atoms with Crippen LogP contribution in [-0.2, 0) is 30.7 Å². The van der Waals surface area contributed by atoms with Gasteiger partial charge >= 0.3 is 0 Å². The SMILES string of the molecule is COCc1ncc2c(n1)CCN(CC1Cc3cc(OC)ccc3O1)C2. The second kappa shape index (κ2) is 6.98. The quantitative estimate of drug-likeness (QED) is 0.829. The molecule has 0 amide bonds. The number of fused-ring (bicyclic) bond motifs is 2. The molecule has 0 saturated carbocycles. The van der Waals surface area contributed by atoms with Crippen molar-refractivity contribution in [1.29, 1.82) is 0 Å². The first-order chi connectivity index (χ1) is 12.2. The fraction of sp³-hybridized carbons (Fsp3) is 0.474. The molecule has 3 heterocycles. The monoisotopic (exact) mass is 341 g/mol. The summed E-state index contributed by atoms with van der Waals surface area (Å²) in [5.41, 5.74) is 3.59. The summed E-state index contributed by atoms with van der Waals surface area (Å²) in [7, 11) is 3.36. The molecule has 1 aromatic heterocycles. The number of hydrogen-bond donors (Lipinski definition) is 0. The molecule has 0 radical (unpaired) electrons. The van der Waals surface area contributed by atoms with Crippen LogP contribution in [0.5, 0.6) is 11.5 Å². The zero-order valence-corrected chi connectivity index (χ0v) is 14.7. The smallest absolute Gasteiger partial charge is 0.154 e. The van der Waals surface area contributed by atoms with Gasteiger partial charge in [-0.15, -0.1) is 0 Å². The lowest BCUT2D eigenvalue weighted by atomic mass is 10.1. The van der Waals surface area contributed by atoms with Gasteiger partial charge < -0.3 is 14.2 Å². The standard InChI is InChI=1S/C19H23N3O3/c1-23-12-19-20-9-14-10-22(6-5-17(14)21-19)11-16-8-13-7-15(24-2)3-4-18(13)25-16/h3-4,7,9,16H,5-6,8,10-12H2,1-2H3. The first kappa shape index (κ1) is 16.3. The Bertz CT molecular complexity index is 766. The minimum atomic E-state index is 0.192. The van der Waals surface area contributed by atoms with Gasteiger partial charge in [-0.3, -0.25) is 4.90 Å². The van der Waals surface area contributed by atoms with E-state index in [1.807, 2.05) is 18.3 Å². The highest BCUT2D eigenvalue weighted by molar-refractivity contribution is 5.43. The highest BCUT2D eigenvalue weighted by Gasteiger charge is 2.27. The van der Waals surface area contributed by atoms with E-state index >= 15 is 0 Å². The van der Waals surface area contributed by atoms with E-state index in [-0.39, 0.29) is 6.10 Å². The maximum absolute atomic E-state index is 6.10. The molecular formula is C19H23N3O3. The van der Waals surface area contributed by atoms with Crippen molar-refractivity contribution < 1.29 is 14.2 Å². The van der Waals surface area contributed by atoms with E-state index < -0.39 is 0 Å². The Kier molecular flexibility index (Phi) is 4.55. The molecule has 1 atom stereocenters. The summed E-state index contributed by atoms with van der Waals surface area (Å²) < 4.78 is 16.5. The maximum Gasteiger partial charge on any atom is 0.154 e. The molecule has 0 bridgehead atoms. The van der Waals surface area contributed by atoms with Crippen LogP contribution in [0.3, 0.4) is 0 Å². The van der Waals surface area contributed by atoms with E-state index in [1.165, 1.54) is 11.1 Å². The van der Waals surface area contributed by atoms with Gasteiger partial charge in [0.15, 0.2) is 5.82 Å². The Hall–Kier alpha value is -2.18. The molecule has 2 aromatic rings. The summed E-state index contributed by atoms with van der Waals surface area (Å²) in [5, 5.41) is 0. The lowest BCUT2D eigenvalue weighted by Crippen LogP contribution is -2.38. The summed E-state index contributed by atoms with van der Waals surface area (Å²) >= 11 is 0. The molecule has 0 aliphatic carbocycles. The van der Waals surface area contributed by atoms with Gasteiger partial charge in [-0.1, -0.05) is 0 Å². The zero-order valence-electron chi connectivity index (χ0n) is 14.7. The Morgan fingerprint density at radius 2 is 2.20 bits per heavy atom. The molecule has 0 fully saturated rings. The molecule has 6 nitrogen and oxygen atoms in total. The average Bonchev–Trinajstić information content (AvgIpc) is 3.03. The predicted octanol–water partition coefficient (Wildman–Crippen LogP) is 1.99. The topological polar surface area (TPSA) is 56.7 Å². The van der Waals surface area contributed by atoms with E-state index in [9.17, 15) is 0 Å². The number of nitrogens with zero attached hydrogens (tertiary/aromatic N) is 3. The van der Waals surface area contributed by atoms with Gasteiger partial charge in [-0.25, -0.2) is 9.97 Å². The molecule has 132 valence electrons. The van der Waals surface area contributed by atoms with Crippen LogP contribution in [0.2, 0.25) is 0 Å². The summed E-state index contributed by atoms with van der Waals surface area (Å²) in [4.78, 5) is 11.4. The molecule has 0 saturated heterocycles. The average molecular weight is 341 g/mol. The van der Waals surface area contributed by atoms with E-state index in [0.717, 1.165) is 55.5 Å². The summed E-state index contributed by atoms with van der Waals surface area (Å²) in [6.07, 6.45) is 4.01. The third-order valence-corrected chi connectivity index (χ3v) is 4.81. The van der Waals surface area contributed by atoms with E-state index in [1.54, 1.807) is 14.2 Å². The summed E-state index contributed by atoms with van der Waals surface area (Å²) in [6, 6.07) is 6.03. The Morgan fingerprint density at radius 3 is 3.04 bits per heavy atom. The van der Waals surface area contributed by atoms with Crippen LogP contribution < -0.4 is 9.47 Å². The van der Waals surface area contributed by atoms with Gasteiger partial charge in [0.1, 0.15) is 24.2 Å². The molecule has 4 rings (SSSR count). The third kappa shape index (κ3) is 3.45. The van der Waals surface area contributed by atoms with Crippen molar-refractivity contribution in [2.75, 3.05) is 27.3 Å². The Labute approximate surface area is 147 Å². The van der Waals surface area contributed by atoms with Crippen molar-refractivity contribution in [1.82, 2.24) is 14.9 Å². The molecular weight excluding hydrogens is 318 g/mol. The van der Waals surface area contributed by atoms with Crippen LogP contribution in [0.4, 0.5) is 0 Å². The number of hydrogen-bond acceptors (Lipinski definition) is 6. The minimum Gasteiger partial charge on any atom is -0.497 e. The second-order valence-corrected chi connectivity index (χ2v) is 6.59. The number of methoxy groups -OCH3 is 2. The third-order valence-electron chi connectivity index (χ3n) is 4.81. The zero-order chi connectivity index (χ0) is 17.2. The Morgan fingerprint density at radius 1 is 1.28 bits per heavy atom. The van der Waals surface area contributed by atoms with Gasteiger partial charge in [0.05, 0.1) is 7.11 Å². The molecule has 6 heteroatoms. The maximum atomic E-state index is 6.10. The molecule has 2 aliphatic rings. The Balaban J connectivity index is 1.39. The second-order valence-electron chi connectivity index (χ2n) is 6.59. The number of ether oxygens (including phenoxy) is 3. The summed E-state index contributed by atoms with van der Waals surface area (Å²) in [5.74, 6) is 2.63. The molecule has 25 heavy (non-hydrogen) atoms. The van der Waals surface area contributed by atoms with Gasteiger partial charge in [0, 0.05) is 62.6 Å². The van der Waals surface area contributed by atoms with Crippen molar-refractivity contribution in [2.24, 2.45) is 0 Å².